The second-order valence-electron chi connectivity index (χ2n) is 6.33. The van der Waals surface area contributed by atoms with Gasteiger partial charge in [-0.2, -0.15) is 5.10 Å². The number of carbonyl (C=O) groups excluding carboxylic acids is 1. The molecule has 1 aliphatic rings. The molecule has 2 aromatic heterocycles. The van der Waals surface area contributed by atoms with Crippen LogP contribution in [0, 0.1) is 0 Å². The summed E-state index contributed by atoms with van der Waals surface area (Å²) >= 11 is 0. The molecule has 1 amide bonds. The summed E-state index contributed by atoms with van der Waals surface area (Å²) in [6.07, 6.45) is 8.79. The minimum atomic E-state index is -0.127. The van der Waals surface area contributed by atoms with Crippen molar-refractivity contribution in [2.24, 2.45) is 0 Å². The molecule has 0 spiro atoms. The standard InChI is InChI=1S/C18H19N5O2/c24-17-10-20-23(16-6-2-1-5-15(16)17)12-18(25)21-8-3-4-14(11-21)22-9-7-19-13-22/h1-2,5-7,9-10,13-14H,3-4,8,11-12H2. The number of imidazole rings is 1. The van der Waals surface area contributed by atoms with Gasteiger partial charge >= 0.3 is 0 Å². The lowest BCUT2D eigenvalue weighted by molar-refractivity contribution is -0.133. The molecule has 128 valence electrons. The van der Waals surface area contributed by atoms with E-state index in [9.17, 15) is 9.59 Å². The van der Waals surface area contributed by atoms with E-state index < -0.39 is 0 Å². The fourth-order valence-electron chi connectivity index (χ4n) is 3.43. The lowest BCUT2D eigenvalue weighted by atomic mass is 10.1. The van der Waals surface area contributed by atoms with E-state index in [1.54, 1.807) is 23.3 Å². The molecule has 1 unspecified atom stereocenters. The first-order chi connectivity index (χ1) is 12.2. The maximum Gasteiger partial charge on any atom is 0.244 e. The molecular formula is C18H19N5O2. The molecular weight excluding hydrogens is 318 g/mol. The maximum atomic E-state index is 12.8. The van der Waals surface area contributed by atoms with Gasteiger partial charge < -0.3 is 9.47 Å². The number of nitrogens with zero attached hydrogens (tertiary/aromatic N) is 5. The van der Waals surface area contributed by atoms with Crippen LogP contribution >= 0.6 is 0 Å². The van der Waals surface area contributed by atoms with Crippen LogP contribution in [0.25, 0.3) is 10.9 Å². The van der Waals surface area contributed by atoms with Gasteiger partial charge in [0.1, 0.15) is 6.54 Å². The minimum Gasteiger partial charge on any atom is -0.339 e. The first-order valence-corrected chi connectivity index (χ1v) is 8.42. The Morgan fingerprint density at radius 3 is 3.00 bits per heavy atom. The lowest BCUT2D eigenvalue weighted by Crippen LogP contribution is -2.42. The zero-order valence-corrected chi connectivity index (χ0v) is 13.8. The number of rotatable bonds is 3. The summed E-state index contributed by atoms with van der Waals surface area (Å²) in [5.41, 5.74) is 0.559. The molecule has 4 rings (SSSR count). The maximum absolute atomic E-state index is 12.8. The fourth-order valence-corrected chi connectivity index (χ4v) is 3.43. The predicted molar refractivity (Wildman–Crippen MR) is 93.1 cm³/mol. The van der Waals surface area contributed by atoms with Crippen molar-refractivity contribution in [1.82, 2.24) is 24.2 Å². The fraction of sp³-hybridized carbons (Fsp3) is 0.333. The third-order valence-corrected chi connectivity index (χ3v) is 4.74. The van der Waals surface area contributed by atoms with Crippen LogP contribution in [0.1, 0.15) is 18.9 Å². The van der Waals surface area contributed by atoms with Crippen LogP contribution < -0.4 is 5.43 Å². The predicted octanol–water partition coefficient (Wildman–Crippen LogP) is 1.46. The molecule has 3 aromatic rings. The molecule has 0 saturated carbocycles. The van der Waals surface area contributed by atoms with Gasteiger partial charge in [0, 0.05) is 30.9 Å². The molecule has 7 heteroatoms. The number of fused-ring (bicyclic) bond motifs is 1. The molecule has 0 bridgehead atoms. The second-order valence-corrected chi connectivity index (χ2v) is 6.33. The quantitative estimate of drug-likeness (QED) is 0.725. The molecule has 7 nitrogen and oxygen atoms in total. The van der Waals surface area contributed by atoms with Crippen molar-refractivity contribution in [3.05, 3.63) is 59.4 Å². The van der Waals surface area contributed by atoms with Crippen LogP contribution in [0.15, 0.2) is 54.0 Å². The van der Waals surface area contributed by atoms with E-state index in [0.717, 1.165) is 19.4 Å². The number of aromatic nitrogens is 4. The Kier molecular flexibility index (Phi) is 4.05. The highest BCUT2D eigenvalue weighted by Gasteiger charge is 2.25. The molecule has 25 heavy (non-hydrogen) atoms. The molecule has 0 radical (unpaired) electrons. The van der Waals surface area contributed by atoms with Gasteiger partial charge in [-0.15, -0.1) is 0 Å². The number of likely N-dealkylation sites (tertiary alicyclic amines) is 1. The van der Waals surface area contributed by atoms with Crippen molar-refractivity contribution in [1.29, 1.82) is 0 Å². The molecule has 0 aliphatic carbocycles. The molecule has 1 aromatic carbocycles. The smallest absolute Gasteiger partial charge is 0.244 e. The number of carbonyl (C=O) groups is 1. The summed E-state index contributed by atoms with van der Waals surface area (Å²) in [6, 6.07) is 7.51. The van der Waals surface area contributed by atoms with Crippen molar-refractivity contribution in [2.75, 3.05) is 13.1 Å². The zero-order valence-electron chi connectivity index (χ0n) is 13.8. The van der Waals surface area contributed by atoms with Gasteiger partial charge in [-0.05, 0) is 25.0 Å². The topological polar surface area (TPSA) is 73.0 Å². The van der Waals surface area contributed by atoms with Crippen molar-refractivity contribution in [3.63, 3.8) is 0 Å². The minimum absolute atomic E-state index is 0.0196. The van der Waals surface area contributed by atoms with Gasteiger partial charge in [0.05, 0.1) is 24.1 Å². The normalized spacial score (nSPS) is 17.8. The molecule has 1 aliphatic heterocycles. The van der Waals surface area contributed by atoms with Crippen molar-refractivity contribution >= 4 is 16.8 Å². The third kappa shape index (κ3) is 3.05. The summed E-state index contributed by atoms with van der Waals surface area (Å²) in [4.78, 5) is 30.7. The van der Waals surface area contributed by atoms with Gasteiger partial charge in [-0.3, -0.25) is 14.3 Å². The summed E-state index contributed by atoms with van der Waals surface area (Å²) < 4.78 is 3.67. The highest BCUT2D eigenvalue weighted by atomic mass is 16.2. The van der Waals surface area contributed by atoms with Gasteiger partial charge in [0.25, 0.3) is 0 Å². The van der Waals surface area contributed by atoms with Crippen LogP contribution in [0.2, 0.25) is 0 Å². The highest BCUT2D eigenvalue weighted by molar-refractivity contribution is 5.81. The SMILES string of the molecule is O=C(Cn1ncc(=O)c2ccccc21)N1CCCC(n2ccnc2)C1. The van der Waals surface area contributed by atoms with Crippen molar-refractivity contribution < 1.29 is 4.79 Å². The van der Waals surface area contributed by atoms with E-state index in [-0.39, 0.29) is 23.9 Å². The van der Waals surface area contributed by atoms with E-state index in [1.165, 1.54) is 6.20 Å². The average Bonchev–Trinajstić information content (AvgIpc) is 3.19. The highest BCUT2D eigenvalue weighted by Crippen LogP contribution is 2.21. The van der Waals surface area contributed by atoms with Crippen LogP contribution in [-0.2, 0) is 11.3 Å². The zero-order chi connectivity index (χ0) is 17.2. The Hall–Kier alpha value is -2.96. The Labute approximate surface area is 144 Å². The average molecular weight is 337 g/mol. The summed E-state index contributed by atoms with van der Waals surface area (Å²) in [5.74, 6) is 0.0196. The van der Waals surface area contributed by atoms with E-state index in [0.29, 0.717) is 17.4 Å². The Bertz CT molecular complexity index is 948. The Balaban J connectivity index is 1.54. The van der Waals surface area contributed by atoms with Crippen LogP contribution in [-0.4, -0.2) is 43.2 Å². The summed E-state index contributed by atoms with van der Waals surface area (Å²) in [6.45, 7) is 1.56. The van der Waals surface area contributed by atoms with E-state index in [1.807, 2.05) is 29.3 Å². The van der Waals surface area contributed by atoms with E-state index in [4.69, 9.17) is 0 Å². The van der Waals surface area contributed by atoms with E-state index in [2.05, 4.69) is 14.6 Å². The van der Waals surface area contributed by atoms with Crippen LogP contribution in [0.3, 0.4) is 0 Å². The van der Waals surface area contributed by atoms with Crippen molar-refractivity contribution in [2.45, 2.75) is 25.4 Å². The molecule has 1 atom stereocenters. The van der Waals surface area contributed by atoms with Gasteiger partial charge in [0.15, 0.2) is 0 Å². The third-order valence-electron chi connectivity index (χ3n) is 4.74. The second kappa shape index (κ2) is 6.51. The number of hydrogen-bond donors (Lipinski definition) is 0. The van der Waals surface area contributed by atoms with Gasteiger partial charge in [-0.1, -0.05) is 12.1 Å². The number of benzene rings is 1. The number of amides is 1. The molecule has 3 heterocycles. The van der Waals surface area contributed by atoms with Crippen LogP contribution in [0.4, 0.5) is 0 Å². The number of piperidine rings is 1. The molecule has 1 fully saturated rings. The number of hydrogen-bond acceptors (Lipinski definition) is 4. The molecule has 0 N–H and O–H groups in total. The first-order valence-electron chi connectivity index (χ1n) is 8.42. The summed E-state index contributed by atoms with van der Waals surface area (Å²) in [5, 5.41) is 4.74. The molecule has 1 saturated heterocycles. The monoisotopic (exact) mass is 337 g/mol. The van der Waals surface area contributed by atoms with Gasteiger partial charge in [-0.25, -0.2) is 4.98 Å². The first kappa shape index (κ1) is 15.6. The number of para-hydroxylation sites is 1. The van der Waals surface area contributed by atoms with Crippen LogP contribution in [0.5, 0.6) is 0 Å². The Morgan fingerprint density at radius 2 is 2.16 bits per heavy atom. The van der Waals surface area contributed by atoms with E-state index >= 15 is 0 Å². The van der Waals surface area contributed by atoms with Crippen molar-refractivity contribution in [3.8, 4) is 0 Å². The van der Waals surface area contributed by atoms with Gasteiger partial charge in [0.2, 0.25) is 11.3 Å². The summed E-state index contributed by atoms with van der Waals surface area (Å²) in [7, 11) is 0. The Morgan fingerprint density at radius 1 is 1.28 bits per heavy atom. The lowest BCUT2D eigenvalue weighted by Gasteiger charge is -2.33. The largest absolute Gasteiger partial charge is 0.339 e.